The molecular formula is C15H21ClN2S. The minimum Gasteiger partial charge on any atom is -0.311 e. The van der Waals surface area contributed by atoms with Crippen LogP contribution in [0, 0.1) is 0 Å². The van der Waals surface area contributed by atoms with E-state index in [1.165, 1.54) is 11.1 Å². The van der Waals surface area contributed by atoms with Gasteiger partial charge in [0.1, 0.15) is 5.01 Å². The van der Waals surface area contributed by atoms with Gasteiger partial charge in [0.05, 0.1) is 5.69 Å². The Bertz CT molecular complexity index is 491. The third-order valence-corrected chi connectivity index (χ3v) is 3.80. The highest BCUT2D eigenvalue weighted by Gasteiger charge is 2.05. The molecule has 0 saturated carbocycles. The topological polar surface area (TPSA) is 24.9 Å². The van der Waals surface area contributed by atoms with Gasteiger partial charge in [0.2, 0.25) is 0 Å². The van der Waals surface area contributed by atoms with Crippen LogP contribution in [-0.4, -0.2) is 11.5 Å². The van der Waals surface area contributed by atoms with E-state index in [-0.39, 0.29) is 12.4 Å². The summed E-state index contributed by atoms with van der Waals surface area (Å²) < 4.78 is 0. The van der Waals surface area contributed by atoms with Crippen LogP contribution >= 0.6 is 23.7 Å². The molecule has 4 heteroatoms. The summed E-state index contributed by atoms with van der Waals surface area (Å²) >= 11 is 1.72. The Morgan fingerprint density at radius 3 is 2.47 bits per heavy atom. The fraction of sp³-hybridized carbons (Fsp3) is 0.400. The third kappa shape index (κ3) is 4.30. The molecule has 2 rings (SSSR count). The molecule has 0 amide bonds. The Balaban J connectivity index is 0.00000180. The highest BCUT2D eigenvalue weighted by atomic mass is 35.5. The van der Waals surface area contributed by atoms with E-state index in [4.69, 9.17) is 0 Å². The van der Waals surface area contributed by atoms with E-state index in [1.54, 1.807) is 11.3 Å². The fourth-order valence-corrected chi connectivity index (χ4v) is 2.57. The predicted octanol–water partition coefficient (Wildman–Crippen LogP) is 4.46. The number of rotatable bonds is 5. The minimum absolute atomic E-state index is 0. The molecule has 0 unspecified atom stereocenters. The monoisotopic (exact) mass is 296 g/mol. The third-order valence-electron chi connectivity index (χ3n) is 2.95. The minimum atomic E-state index is 0. The van der Waals surface area contributed by atoms with E-state index in [0.29, 0.717) is 5.92 Å². The lowest BCUT2D eigenvalue weighted by atomic mass is 10.0. The summed E-state index contributed by atoms with van der Waals surface area (Å²) in [6, 6.07) is 8.73. The molecule has 0 atom stereocenters. The van der Waals surface area contributed by atoms with Crippen molar-refractivity contribution in [1.82, 2.24) is 10.3 Å². The van der Waals surface area contributed by atoms with Crippen molar-refractivity contribution in [3.63, 3.8) is 0 Å². The molecule has 104 valence electrons. The van der Waals surface area contributed by atoms with Gasteiger partial charge < -0.3 is 5.32 Å². The Hall–Kier alpha value is -0.900. The van der Waals surface area contributed by atoms with E-state index >= 15 is 0 Å². The predicted molar refractivity (Wildman–Crippen MR) is 86.3 cm³/mol. The molecule has 19 heavy (non-hydrogen) atoms. The zero-order valence-electron chi connectivity index (χ0n) is 11.6. The van der Waals surface area contributed by atoms with E-state index in [9.17, 15) is 0 Å². The van der Waals surface area contributed by atoms with Crippen molar-refractivity contribution in [2.24, 2.45) is 0 Å². The second-order valence-corrected chi connectivity index (χ2v) is 5.63. The van der Waals surface area contributed by atoms with Gasteiger partial charge in [-0.2, -0.15) is 0 Å². The highest BCUT2D eigenvalue weighted by molar-refractivity contribution is 7.09. The fourth-order valence-electron chi connectivity index (χ4n) is 1.80. The van der Waals surface area contributed by atoms with Gasteiger partial charge in [-0.15, -0.1) is 23.7 Å². The van der Waals surface area contributed by atoms with Gasteiger partial charge in [-0.1, -0.05) is 45.0 Å². The first-order valence-corrected chi connectivity index (χ1v) is 7.34. The lowest BCUT2D eigenvalue weighted by molar-refractivity contribution is 0.723. The molecule has 0 radical (unpaired) electrons. The number of thiazole rings is 1. The first-order chi connectivity index (χ1) is 8.70. The van der Waals surface area contributed by atoms with E-state index in [1.807, 2.05) is 0 Å². The van der Waals surface area contributed by atoms with Crippen LogP contribution in [0.25, 0.3) is 11.3 Å². The number of hydrogen-bond donors (Lipinski definition) is 1. The van der Waals surface area contributed by atoms with Crippen LogP contribution in [0.5, 0.6) is 0 Å². The van der Waals surface area contributed by atoms with Crippen LogP contribution in [0.4, 0.5) is 0 Å². The summed E-state index contributed by atoms with van der Waals surface area (Å²) in [5.74, 6) is 0.582. The number of benzene rings is 1. The summed E-state index contributed by atoms with van der Waals surface area (Å²) in [5.41, 5.74) is 3.67. The van der Waals surface area contributed by atoms with E-state index in [2.05, 4.69) is 60.7 Å². The SMILES string of the molecule is CCNCc1nc(-c2ccc(C(C)C)cc2)cs1.Cl. The second kappa shape index (κ2) is 7.63. The largest absolute Gasteiger partial charge is 0.311 e. The van der Waals surface area contributed by atoms with Crippen molar-refractivity contribution < 1.29 is 0 Å². The summed E-state index contributed by atoms with van der Waals surface area (Å²) in [7, 11) is 0. The van der Waals surface area contributed by atoms with Gasteiger partial charge in [0, 0.05) is 17.5 Å². The zero-order valence-corrected chi connectivity index (χ0v) is 13.3. The molecule has 2 nitrogen and oxygen atoms in total. The number of nitrogens with one attached hydrogen (secondary N) is 1. The van der Waals surface area contributed by atoms with Crippen molar-refractivity contribution in [2.45, 2.75) is 33.2 Å². The Morgan fingerprint density at radius 2 is 1.89 bits per heavy atom. The molecule has 1 heterocycles. The molecule has 2 aromatic rings. The Labute approximate surface area is 125 Å². The lowest BCUT2D eigenvalue weighted by Crippen LogP contribution is -2.11. The summed E-state index contributed by atoms with van der Waals surface area (Å²) in [4.78, 5) is 4.65. The lowest BCUT2D eigenvalue weighted by Gasteiger charge is -2.05. The standard InChI is InChI=1S/C15H20N2S.ClH/c1-4-16-9-15-17-14(10-18-15)13-7-5-12(6-8-13)11(2)3;/h5-8,10-11,16H,4,9H2,1-3H3;1H. The van der Waals surface area contributed by atoms with Crippen molar-refractivity contribution in [2.75, 3.05) is 6.54 Å². The quantitative estimate of drug-likeness (QED) is 0.881. The molecule has 0 spiro atoms. The summed E-state index contributed by atoms with van der Waals surface area (Å²) in [5, 5.41) is 6.59. The van der Waals surface area contributed by atoms with Crippen LogP contribution in [0.15, 0.2) is 29.6 Å². The van der Waals surface area contributed by atoms with Crippen LogP contribution in [0.3, 0.4) is 0 Å². The van der Waals surface area contributed by atoms with Gasteiger partial charge in [-0.25, -0.2) is 4.98 Å². The molecule has 0 aliphatic rings. The molecule has 1 N–H and O–H groups in total. The van der Waals surface area contributed by atoms with Crippen molar-refractivity contribution in [1.29, 1.82) is 0 Å². The van der Waals surface area contributed by atoms with Crippen molar-refractivity contribution in [3.8, 4) is 11.3 Å². The van der Waals surface area contributed by atoms with Crippen molar-refractivity contribution >= 4 is 23.7 Å². The molecule has 0 aliphatic carbocycles. The van der Waals surface area contributed by atoms with Crippen LogP contribution in [0.1, 0.15) is 37.3 Å². The van der Waals surface area contributed by atoms with Crippen molar-refractivity contribution in [3.05, 3.63) is 40.2 Å². The Kier molecular flexibility index (Phi) is 6.49. The average molecular weight is 297 g/mol. The molecule has 1 aromatic carbocycles. The summed E-state index contributed by atoms with van der Waals surface area (Å²) in [6.45, 7) is 8.39. The molecular weight excluding hydrogens is 276 g/mol. The maximum atomic E-state index is 4.65. The highest BCUT2D eigenvalue weighted by Crippen LogP contribution is 2.24. The second-order valence-electron chi connectivity index (χ2n) is 4.68. The van der Waals surface area contributed by atoms with E-state index < -0.39 is 0 Å². The Morgan fingerprint density at radius 1 is 1.21 bits per heavy atom. The number of halogens is 1. The van der Waals surface area contributed by atoms with Crippen LogP contribution in [0.2, 0.25) is 0 Å². The number of aromatic nitrogens is 1. The van der Waals surface area contributed by atoms with Gasteiger partial charge >= 0.3 is 0 Å². The maximum absolute atomic E-state index is 4.65. The van der Waals surface area contributed by atoms with Gasteiger partial charge in [-0.05, 0) is 18.0 Å². The zero-order chi connectivity index (χ0) is 13.0. The summed E-state index contributed by atoms with van der Waals surface area (Å²) in [6.07, 6.45) is 0. The van der Waals surface area contributed by atoms with Crippen LogP contribution in [-0.2, 0) is 6.54 Å². The molecule has 0 bridgehead atoms. The molecule has 0 saturated heterocycles. The normalized spacial score (nSPS) is 10.5. The average Bonchev–Trinajstić information content (AvgIpc) is 2.85. The molecule has 0 aliphatic heterocycles. The number of nitrogens with zero attached hydrogens (tertiary/aromatic N) is 1. The molecule has 0 fully saturated rings. The van der Waals surface area contributed by atoms with Gasteiger partial charge in [-0.3, -0.25) is 0 Å². The number of hydrogen-bond acceptors (Lipinski definition) is 3. The maximum Gasteiger partial charge on any atom is 0.107 e. The first-order valence-electron chi connectivity index (χ1n) is 6.46. The van der Waals surface area contributed by atoms with Crippen LogP contribution < -0.4 is 5.32 Å². The smallest absolute Gasteiger partial charge is 0.107 e. The molecule has 1 aromatic heterocycles. The van der Waals surface area contributed by atoms with Gasteiger partial charge in [0.15, 0.2) is 0 Å². The van der Waals surface area contributed by atoms with E-state index in [0.717, 1.165) is 23.8 Å². The first kappa shape index (κ1) is 16.2. The van der Waals surface area contributed by atoms with Gasteiger partial charge in [0.25, 0.3) is 0 Å².